The minimum Gasteiger partial charge on any atom is -0.379 e. The van der Waals surface area contributed by atoms with Gasteiger partial charge in [0.25, 0.3) is 0 Å². The summed E-state index contributed by atoms with van der Waals surface area (Å²) in [6.07, 6.45) is 3.92. The zero-order valence-electron chi connectivity index (χ0n) is 14.0. The first-order chi connectivity index (χ1) is 11.3. The minimum absolute atomic E-state index is 0.419. The van der Waals surface area contributed by atoms with Crippen LogP contribution in [0.3, 0.4) is 0 Å². The van der Waals surface area contributed by atoms with Crippen LogP contribution in [-0.4, -0.2) is 47.3 Å². The summed E-state index contributed by atoms with van der Waals surface area (Å²) < 4.78 is 7.70. The van der Waals surface area contributed by atoms with E-state index in [1.807, 2.05) is 23.7 Å². The van der Waals surface area contributed by atoms with E-state index in [1.54, 1.807) is 0 Å². The van der Waals surface area contributed by atoms with Gasteiger partial charge in [0.15, 0.2) is 0 Å². The quantitative estimate of drug-likeness (QED) is 0.844. The summed E-state index contributed by atoms with van der Waals surface area (Å²) in [7, 11) is 0. The van der Waals surface area contributed by atoms with Crippen molar-refractivity contribution in [2.45, 2.75) is 33.0 Å². The fourth-order valence-electron chi connectivity index (χ4n) is 3.05. The number of imidazole rings is 1. The van der Waals surface area contributed by atoms with Crippen LogP contribution in [0.2, 0.25) is 0 Å². The molecule has 1 saturated heterocycles. The van der Waals surface area contributed by atoms with E-state index >= 15 is 0 Å². The molecule has 1 atom stereocenters. The van der Waals surface area contributed by atoms with Crippen molar-refractivity contribution in [1.29, 1.82) is 0 Å². The average Bonchev–Trinajstić information content (AvgIpc) is 3.21. The lowest BCUT2D eigenvalue weighted by atomic mass is 10.2. The smallest absolute Gasteiger partial charge is 0.122 e. The molecule has 0 saturated carbocycles. The fourth-order valence-corrected chi connectivity index (χ4v) is 4.06. The summed E-state index contributed by atoms with van der Waals surface area (Å²) in [6, 6.07) is 4.91. The molecule has 0 bridgehead atoms. The highest BCUT2D eigenvalue weighted by atomic mass is 32.1. The summed E-state index contributed by atoms with van der Waals surface area (Å²) in [6.45, 7) is 10.7. The zero-order chi connectivity index (χ0) is 16.1. The molecule has 0 aliphatic carbocycles. The maximum Gasteiger partial charge on any atom is 0.122 e. The predicted molar refractivity (Wildman–Crippen MR) is 93.8 cm³/mol. The Bertz CT molecular complexity index is 603. The highest BCUT2D eigenvalue weighted by molar-refractivity contribution is 7.12. The van der Waals surface area contributed by atoms with Crippen molar-refractivity contribution in [3.63, 3.8) is 0 Å². The van der Waals surface area contributed by atoms with Gasteiger partial charge in [-0.2, -0.15) is 0 Å². The van der Waals surface area contributed by atoms with Gasteiger partial charge in [0.2, 0.25) is 0 Å². The molecule has 23 heavy (non-hydrogen) atoms. The number of aromatic nitrogens is 2. The van der Waals surface area contributed by atoms with Crippen molar-refractivity contribution < 1.29 is 4.74 Å². The monoisotopic (exact) mass is 334 g/mol. The van der Waals surface area contributed by atoms with Crippen molar-refractivity contribution in [3.8, 4) is 0 Å². The van der Waals surface area contributed by atoms with Crippen LogP contribution < -0.4 is 5.32 Å². The molecule has 0 spiro atoms. The molecule has 6 heteroatoms. The van der Waals surface area contributed by atoms with Crippen molar-refractivity contribution in [3.05, 3.63) is 40.1 Å². The topological polar surface area (TPSA) is 42.3 Å². The molecule has 0 unspecified atom stereocenters. The largest absolute Gasteiger partial charge is 0.379 e. The Hall–Kier alpha value is -1.21. The number of nitrogens with one attached hydrogen (secondary N) is 1. The summed E-state index contributed by atoms with van der Waals surface area (Å²) >= 11 is 1.90. The number of hydrogen-bond acceptors (Lipinski definition) is 5. The van der Waals surface area contributed by atoms with Crippen LogP contribution in [0.1, 0.15) is 28.5 Å². The van der Waals surface area contributed by atoms with Gasteiger partial charge in [-0.15, -0.1) is 11.3 Å². The number of thiophene rings is 1. The maximum absolute atomic E-state index is 5.51. The van der Waals surface area contributed by atoms with Crippen LogP contribution in [-0.2, 0) is 17.8 Å². The maximum atomic E-state index is 5.51. The molecule has 3 rings (SSSR count). The third kappa shape index (κ3) is 4.20. The molecule has 0 aromatic carbocycles. The fraction of sp³-hybridized carbons (Fsp3) is 0.588. The lowest BCUT2D eigenvalue weighted by Gasteiger charge is -2.34. The second kappa shape index (κ2) is 8.06. The van der Waals surface area contributed by atoms with Gasteiger partial charge in [0, 0.05) is 48.3 Å². The number of aryl methyl sites for hydroxylation is 2. The van der Waals surface area contributed by atoms with Crippen molar-refractivity contribution >= 4 is 11.3 Å². The number of ether oxygens (including phenoxy) is 1. The first-order valence-electron chi connectivity index (χ1n) is 8.36. The summed E-state index contributed by atoms with van der Waals surface area (Å²) in [4.78, 5) is 9.79. The van der Waals surface area contributed by atoms with E-state index in [-0.39, 0.29) is 0 Å². The van der Waals surface area contributed by atoms with Gasteiger partial charge in [-0.1, -0.05) is 0 Å². The Morgan fingerprint density at radius 3 is 2.87 bits per heavy atom. The van der Waals surface area contributed by atoms with Gasteiger partial charge < -0.3 is 14.6 Å². The van der Waals surface area contributed by atoms with Crippen LogP contribution >= 0.6 is 11.3 Å². The highest BCUT2D eigenvalue weighted by Crippen LogP contribution is 2.27. The second-order valence-corrected chi connectivity index (χ2v) is 7.19. The third-order valence-corrected chi connectivity index (χ3v) is 5.44. The van der Waals surface area contributed by atoms with E-state index in [4.69, 9.17) is 4.74 Å². The summed E-state index contributed by atoms with van der Waals surface area (Å²) in [5.41, 5.74) is 0. The molecule has 2 aromatic heterocycles. The van der Waals surface area contributed by atoms with Gasteiger partial charge in [-0.3, -0.25) is 4.90 Å². The van der Waals surface area contributed by atoms with Gasteiger partial charge >= 0.3 is 0 Å². The van der Waals surface area contributed by atoms with E-state index in [0.717, 1.165) is 51.8 Å². The molecule has 1 fully saturated rings. The van der Waals surface area contributed by atoms with Gasteiger partial charge in [0.1, 0.15) is 5.82 Å². The Morgan fingerprint density at radius 1 is 1.35 bits per heavy atom. The molecular weight excluding hydrogens is 308 g/mol. The van der Waals surface area contributed by atoms with Crippen LogP contribution in [0.25, 0.3) is 0 Å². The molecule has 1 aliphatic rings. The van der Waals surface area contributed by atoms with Crippen LogP contribution in [0.4, 0.5) is 0 Å². The third-order valence-electron chi connectivity index (χ3n) is 4.34. The van der Waals surface area contributed by atoms with E-state index in [2.05, 4.69) is 45.7 Å². The first-order valence-corrected chi connectivity index (χ1v) is 9.18. The predicted octanol–water partition coefficient (Wildman–Crippen LogP) is 2.44. The lowest BCUT2D eigenvalue weighted by Crippen LogP contribution is -2.42. The summed E-state index contributed by atoms with van der Waals surface area (Å²) in [5, 5.41) is 3.61. The second-order valence-electron chi connectivity index (χ2n) is 5.87. The standard InChI is InChI=1S/C17H26N4OS/c1-3-20-7-6-19-17(20)13-18-12-15(16-5-4-14(2)23-16)21-8-10-22-11-9-21/h4-7,15,18H,3,8-13H2,1-2H3/t15-/m1/s1. The number of morpholine rings is 1. The minimum atomic E-state index is 0.419. The molecule has 5 nitrogen and oxygen atoms in total. The Labute approximate surface area is 142 Å². The van der Waals surface area contributed by atoms with E-state index in [0.29, 0.717) is 6.04 Å². The van der Waals surface area contributed by atoms with Crippen LogP contribution in [0.5, 0.6) is 0 Å². The molecule has 0 amide bonds. The Kier molecular flexibility index (Phi) is 5.83. The number of rotatable bonds is 7. The molecule has 126 valence electrons. The Morgan fingerprint density at radius 2 is 2.17 bits per heavy atom. The van der Waals surface area contributed by atoms with Crippen LogP contribution in [0, 0.1) is 6.92 Å². The number of hydrogen-bond donors (Lipinski definition) is 1. The highest BCUT2D eigenvalue weighted by Gasteiger charge is 2.23. The molecule has 1 aliphatic heterocycles. The van der Waals surface area contributed by atoms with E-state index < -0.39 is 0 Å². The molecule has 0 radical (unpaired) electrons. The van der Waals surface area contributed by atoms with Gasteiger partial charge in [-0.25, -0.2) is 4.98 Å². The van der Waals surface area contributed by atoms with E-state index in [9.17, 15) is 0 Å². The molecule has 3 heterocycles. The average molecular weight is 334 g/mol. The summed E-state index contributed by atoms with van der Waals surface area (Å²) in [5.74, 6) is 1.11. The lowest BCUT2D eigenvalue weighted by molar-refractivity contribution is 0.0168. The normalized spacial score (nSPS) is 17.5. The van der Waals surface area contributed by atoms with Gasteiger partial charge in [-0.05, 0) is 26.0 Å². The van der Waals surface area contributed by atoms with E-state index in [1.165, 1.54) is 9.75 Å². The van der Waals surface area contributed by atoms with Crippen molar-refractivity contribution in [2.75, 3.05) is 32.8 Å². The van der Waals surface area contributed by atoms with Crippen LogP contribution in [0.15, 0.2) is 24.5 Å². The molecule has 1 N–H and O–H groups in total. The molecular formula is C17H26N4OS. The zero-order valence-corrected chi connectivity index (χ0v) is 14.8. The number of nitrogens with zero attached hydrogens (tertiary/aromatic N) is 3. The first kappa shape index (κ1) is 16.6. The van der Waals surface area contributed by atoms with Gasteiger partial charge in [0.05, 0.1) is 25.8 Å². The van der Waals surface area contributed by atoms with Crippen molar-refractivity contribution in [2.24, 2.45) is 0 Å². The van der Waals surface area contributed by atoms with Crippen molar-refractivity contribution in [1.82, 2.24) is 19.8 Å². The SMILES string of the molecule is CCn1ccnc1CNC[C@H](c1ccc(C)s1)N1CCOCC1. The Balaban J connectivity index is 1.63. The molecule has 2 aromatic rings.